The van der Waals surface area contributed by atoms with E-state index in [9.17, 15) is 4.39 Å². The third-order valence-electron chi connectivity index (χ3n) is 3.65. The molecule has 0 saturated heterocycles. The summed E-state index contributed by atoms with van der Waals surface area (Å²) in [6.45, 7) is 1.79. The lowest BCUT2D eigenvalue weighted by molar-refractivity contribution is 0.392. The molecule has 4 nitrogen and oxygen atoms in total. The lowest BCUT2D eigenvalue weighted by Crippen LogP contribution is -2.36. The summed E-state index contributed by atoms with van der Waals surface area (Å²) in [4.78, 5) is 6.16. The molecule has 0 aromatic heterocycles. The first-order chi connectivity index (χ1) is 12.0. The van der Waals surface area contributed by atoms with Gasteiger partial charge in [-0.2, -0.15) is 0 Å². The number of nitrogens with zero attached hydrogens (tertiary/aromatic N) is 2. The molecule has 0 fully saturated rings. The molecule has 0 aliphatic carbocycles. The number of benzene rings is 2. The fourth-order valence-corrected chi connectivity index (χ4v) is 2.52. The molecule has 0 spiro atoms. The second-order valence-corrected chi connectivity index (χ2v) is 6.51. The van der Waals surface area contributed by atoms with Crippen molar-refractivity contribution in [1.82, 2.24) is 15.5 Å². The van der Waals surface area contributed by atoms with Crippen LogP contribution in [0.1, 0.15) is 16.7 Å². The van der Waals surface area contributed by atoms with E-state index in [0.717, 1.165) is 16.1 Å². The fourth-order valence-electron chi connectivity index (χ4n) is 2.39. The van der Waals surface area contributed by atoms with Crippen molar-refractivity contribution >= 4 is 17.6 Å². The number of hydrogen-bond acceptors (Lipinski definition) is 2. The Kier molecular flexibility index (Phi) is 7.22. The van der Waals surface area contributed by atoms with Crippen LogP contribution < -0.4 is 10.6 Å². The van der Waals surface area contributed by atoms with Crippen LogP contribution in [0.15, 0.2) is 47.5 Å². The smallest absolute Gasteiger partial charge is 0.191 e. The molecular formula is C19H24ClFN4. The van der Waals surface area contributed by atoms with Crippen LogP contribution in [0.4, 0.5) is 4.39 Å². The van der Waals surface area contributed by atoms with Crippen molar-refractivity contribution in [3.8, 4) is 0 Å². The van der Waals surface area contributed by atoms with Gasteiger partial charge in [0.2, 0.25) is 0 Å². The summed E-state index contributed by atoms with van der Waals surface area (Å²) in [6.07, 6.45) is 0. The molecule has 0 unspecified atom stereocenters. The molecule has 134 valence electrons. The molecule has 2 rings (SSSR count). The number of aliphatic imine (C=N–C) groups is 1. The number of guanidine groups is 1. The van der Waals surface area contributed by atoms with Crippen molar-refractivity contribution in [2.24, 2.45) is 4.99 Å². The maximum Gasteiger partial charge on any atom is 0.191 e. The topological polar surface area (TPSA) is 39.7 Å². The minimum Gasteiger partial charge on any atom is -0.352 e. The van der Waals surface area contributed by atoms with Crippen molar-refractivity contribution in [2.75, 3.05) is 21.1 Å². The van der Waals surface area contributed by atoms with Crippen molar-refractivity contribution < 1.29 is 4.39 Å². The largest absolute Gasteiger partial charge is 0.352 e. The molecule has 2 N–H and O–H groups in total. The zero-order valence-corrected chi connectivity index (χ0v) is 15.6. The van der Waals surface area contributed by atoms with E-state index in [1.807, 2.05) is 49.3 Å². The van der Waals surface area contributed by atoms with Gasteiger partial charge < -0.3 is 15.5 Å². The molecule has 0 radical (unpaired) electrons. The summed E-state index contributed by atoms with van der Waals surface area (Å²) in [5.41, 5.74) is 2.81. The van der Waals surface area contributed by atoms with Crippen LogP contribution in [0.3, 0.4) is 0 Å². The summed E-state index contributed by atoms with van der Waals surface area (Å²) in [6, 6.07) is 12.8. The van der Waals surface area contributed by atoms with Gasteiger partial charge in [0, 0.05) is 37.3 Å². The van der Waals surface area contributed by atoms with E-state index in [0.29, 0.717) is 31.2 Å². The number of halogens is 2. The molecule has 0 amide bonds. The average molecular weight is 363 g/mol. The van der Waals surface area contributed by atoms with Crippen LogP contribution in [0.2, 0.25) is 5.02 Å². The molecule has 0 aliphatic heterocycles. The van der Waals surface area contributed by atoms with Gasteiger partial charge in [0.25, 0.3) is 0 Å². The third kappa shape index (κ3) is 6.36. The minimum absolute atomic E-state index is 0.178. The number of hydrogen-bond donors (Lipinski definition) is 2. The van der Waals surface area contributed by atoms with E-state index in [1.54, 1.807) is 13.1 Å². The van der Waals surface area contributed by atoms with Gasteiger partial charge in [-0.1, -0.05) is 29.8 Å². The second-order valence-electron chi connectivity index (χ2n) is 6.07. The molecule has 0 aliphatic rings. The Morgan fingerprint density at radius 1 is 1.04 bits per heavy atom. The van der Waals surface area contributed by atoms with Crippen molar-refractivity contribution in [1.29, 1.82) is 0 Å². The van der Waals surface area contributed by atoms with Crippen LogP contribution in [0.5, 0.6) is 0 Å². The Labute approximate surface area is 153 Å². The maximum absolute atomic E-state index is 13.8. The van der Waals surface area contributed by atoms with Crippen LogP contribution in [-0.2, 0) is 19.6 Å². The quantitative estimate of drug-likeness (QED) is 0.611. The SMILES string of the molecule is CN=C(NCc1ccc(Cl)cc1)NCc1ccc(F)c(CN(C)C)c1. The Morgan fingerprint density at radius 2 is 1.64 bits per heavy atom. The third-order valence-corrected chi connectivity index (χ3v) is 3.91. The van der Waals surface area contributed by atoms with Crippen LogP contribution in [0.25, 0.3) is 0 Å². The highest BCUT2D eigenvalue weighted by atomic mass is 35.5. The normalized spacial score (nSPS) is 11.7. The molecule has 0 heterocycles. The van der Waals surface area contributed by atoms with E-state index in [1.165, 1.54) is 6.07 Å². The first-order valence-electron chi connectivity index (χ1n) is 8.09. The predicted molar refractivity (Wildman–Crippen MR) is 102 cm³/mol. The van der Waals surface area contributed by atoms with Crippen molar-refractivity contribution in [2.45, 2.75) is 19.6 Å². The second kappa shape index (κ2) is 9.39. The van der Waals surface area contributed by atoms with Crippen molar-refractivity contribution in [3.05, 3.63) is 70.0 Å². The van der Waals surface area contributed by atoms with Gasteiger partial charge in [0.05, 0.1) is 0 Å². The molecule has 6 heteroatoms. The molecule has 2 aromatic carbocycles. The molecule has 0 saturated carbocycles. The van der Waals surface area contributed by atoms with Crippen molar-refractivity contribution in [3.63, 3.8) is 0 Å². The maximum atomic E-state index is 13.8. The standard InChI is InChI=1S/C19H24ClFN4/c1-22-19(23-11-14-4-7-17(20)8-5-14)24-12-15-6-9-18(21)16(10-15)13-25(2)3/h4-10H,11-13H2,1-3H3,(H2,22,23,24). The summed E-state index contributed by atoms with van der Waals surface area (Å²) >= 11 is 5.89. The lowest BCUT2D eigenvalue weighted by Gasteiger charge is -2.14. The lowest BCUT2D eigenvalue weighted by atomic mass is 10.1. The molecule has 0 atom stereocenters. The number of nitrogens with one attached hydrogen (secondary N) is 2. The summed E-state index contributed by atoms with van der Waals surface area (Å²) < 4.78 is 13.8. The highest BCUT2D eigenvalue weighted by molar-refractivity contribution is 6.30. The van der Waals surface area contributed by atoms with Gasteiger partial charge in [-0.05, 0) is 49.5 Å². The van der Waals surface area contributed by atoms with Crippen LogP contribution >= 0.6 is 11.6 Å². The van der Waals surface area contributed by atoms with E-state index in [4.69, 9.17) is 11.6 Å². The van der Waals surface area contributed by atoms with Crippen LogP contribution in [0, 0.1) is 5.82 Å². The van der Waals surface area contributed by atoms with Gasteiger partial charge in [0.1, 0.15) is 5.82 Å². The van der Waals surface area contributed by atoms with Gasteiger partial charge in [-0.3, -0.25) is 4.99 Å². The summed E-state index contributed by atoms with van der Waals surface area (Å²) in [5, 5.41) is 7.21. The monoisotopic (exact) mass is 362 g/mol. The Hall–Kier alpha value is -2.11. The first-order valence-corrected chi connectivity index (χ1v) is 8.46. The Bertz CT molecular complexity index is 714. The molecular weight excluding hydrogens is 339 g/mol. The number of rotatable bonds is 6. The average Bonchev–Trinajstić information content (AvgIpc) is 2.59. The minimum atomic E-state index is -0.178. The summed E-state index contributed by atoms with van der Waals surface area (Å²) in [5.74, 6) is 0.510. The summed E-state index contributed by atoms with van der Waals surface area (Å²) in [7, 11) is 5.57. The zero-order chi connectivity index (χ0) is 18.2. The highest BCUT2D eigenvalue weighted by Crippen LogP contribution is 2.12. The highest BCUT2D eigenvalue weighted by Gasteiger charge is 2.06. The molecule has 25 heavy (non-hydrogen) atoms. The van der Waals surface area contributed by atoms with E-state index in [2.05, 4.69) is 15.6 Å². The van der Waals surface area contributed by atoms with E-state index >= 15 is 0 Å². The van der Waals surface area contributed by atoms with Gasteiger partial charge in [-0.15, -0.1) is 0 Å². The zero-order valence-electron chi connectivity index (χ0n) is 14.8. The predicted octanol–water partition coefficient (Wildman–Crippen LogP) is 3.41. The Balaban J connectivity index is 1.91. The van der Waals surface area contributed by atoms with E-state index < -0.39 is 0 Å². The van der Waals surface area contributed by atoms with Gasteiger partial charge in [-0.25, -0.2) is 4.39 Å². The fraction of sp³-hybridized carbons (Fsp3) is 0.316. The van der Waals surface area contributed by atoms with Gasteiger partial charge >= 0.3 is 0 Å². The van der Waals surface area contributed by atoms with Gasteiger partial charge in [0.15, 0.2) is 5.96 Å². The Morgan fingerprint density at radius 3 is 2.24 bits per heavy atom. The first kappa shape index (κ1) is 19.2. The van der Waals surface area contributed by atoms with Crippen LogP contribution in [-0.4, -0.2) is 32.0 Å². The molecule has 2 aromatic rings. The molecule has 0 bridgehead atoms. The van der Waals surface area contributed by atoms with E-state index in [-0.39, 0.29) is 5.82 Å².